The van der Waals surface area contributed by atoms with Crippen molar-refractivity contribution in [1.82, 2.24) is 5.32 Å². The molecular formula is C9H17NO5. The Kier molecular flexibility index (Phi) is 7.57. The van der Waals surface area contributed by atoms with Crippen LogP contribution in [-0.2, 0) is 19.1 Å². The monoisotopic (exact) mass is 219 g/mol. The van der Waals surface area contributed by atoms with E-state index in [1.54, 1.807) is 7.05 Å². The van der Waals surface area contributed by atoms with Crippen LogP contribution in [0.25, 0.3) is 0 Å². The zero-order valence-electron chi connectivity index (χ0n) is 8.99. The number of hydrogen-bond acceptors (Lipinski definition) is 5. The largest absolute Gasteiger partial charge is 0.481 e. The Balaban J connectivity index is 3.82. The van der Waals surface area contributed by atoms with Crippen molar-refractivity contribution in [3.8, 4) is 0 Å². The van der Waals surface area contributed by atoms with Gasteiger partial charge in [0.2, 0.25) is 0 Å². The van der Waals surface area contributed by atoms with E-state index < -0.39 is 18.0 Å². The van der Waals surface area contributed by atoms with Crippen LogP contribution >= 0.6 is 0 Å². The average molecular weight is 219 g/mol. The van der Waals surface area contributed by atoms with E-state index in [1.165, 1.54) is 7.11 Å². The number of carboxylic acid groups (broad SMARTS) is 1. The van der Waals surface area contributed by atoms with E-state index in [-0.39, 0.29) is 19.4 Å². The van der Waals surface area contributed by atoms with Gasteiger partial charge in [-0.15, -0.1) is 0 Å². The maximum Gasteiger partial charge on any atom is 0.323 e. The average Bonchev–Trinajstić information content (AvgIpc) is 2.18. The molecule has 1 atom stereocenters. The van der Waals surface area contributed by atoms with Crippen molar-refractivity contribution in [2.45, 2.75) is 18.9 Å². The number of methoxy groups -OCH3 is 1. The normalized spacial score (nSPS) is 12.1. The van der Waals surface area contributed by atoms with Gasteiger partial charge in [-0.3, -0.25) is 9.59 Å². The van der Waals surface area contributed by atoms with E-state index in [0.29, 0.717) is 6.61 Å². The van der Waals surface area contributed by atoms with Gasteiger partial charge in [0.25, 0.3) is 0 Å². The highest BCUT2D eigenvalue weighted by molar-refractivity contribution is 5.76. The third-order valence-corrected chi connectivity index (χ3v) is 1.81. The number of esters is 1. The maximum atomic E-state index is 11.3. The number of nitrogens with one attached hydrogen (secondary N) is 1. The summed E-state index contributed by atoms with van der Waals surface area (Å²) in [6.07, 6.45) is 0.155. The summed E-state index contributed by atoms with van der Waals surface area (Å²) in [7, 11) is 3.10. The molecule has 0 heterocycles. The molecule has 0 amide bonds. The second kappa shape index (κ2) is 8.19. The van der Waals surface area contributed by atoms with Gasteiger partial charge in [-0.1, -0.05) is 0 Å². The lowest BCUT2D eigenvalue weighted by molar-refractivity contribution is -0.147. The molecule has 0 aliphatic carbocycles. The minimum atomic E-state index is -0.931. The van der Waals surface area contributed by atoms with Crippen molar-refractivity contribution < 1.29 is 24.2 Å². The fourth-order valence-electron chi connectivity index (χ4n) is 0.974. The Morgan fingerprint density at radius 1 is 1.40 bits per heavy atom. The van der Waals surface area contributed by atoms with E-state index in [2.05, 4.69) is 5.32 Å². The minimum absolute atomic E-state index is 0.0646. The molecule has 0 bridgehead atoms. The predicted octanol–water partition coefficient (Wildman–Crippen LogP) is -0.371. The Hall–Kier alpha value is -1.14. The smallest absolute Gasteiger partial charge is 0.323 e. The molecule has 0 saturated carbocycles. The van der Waals surface area contributed by atoms with Crippen molar-refractivity contribution in [2.75, 3.05) is 27.4 Å². The van der Waals surface area contributed by atoms with E-state index in [9.17, 15) is 9.59 Å². The highest BCUT2D eigenvalue weighted by atomic mass is 16.6. The molecule has 2 N–H and O–H groups in total. The topological polar surface area (TPSA) is 84.9 Å². The van der Waals surface area contributed by atoms with Crippen molar-refractivity contribution in [3.05, 3.63) is 0 Å². The lowest BCUT2D eigenvalue weighted by Crippen LogP contribution is -2.36. The van der Waals surface area contributed by atoms with Gasteiger partial charge in [0, 0.05) is 13.5 Å². The summed E-state index contributed by atoms with van der Waals surface area (Å²) in [5, 5.41) is 11.2. The van der Waals surface area contributed by atoms with Crippen LogP contribution in [0.15, 0.2) is 0 Å². The van der Waals surface area contributed by atoms with Crippen LogP contribution in [0.2, 0.25) is 0 Å². The molecule has 88 valence electrons. The summed E-state index contributed by atoms with van der Waals surface area (Å²) in [5.41, 5.74) is 0. The number of carbonyl (C=O) groups is 2. The predicted molar refractivity (Wildman–Crippen MR) is 52.6 cm³/mol. The highest BCUT2D eigenvalue weighted by Crippen LogP contribution is 1.99. The number of hydrogen-bond donors (Lipinski definition) is 2. The lowest BCUT2D eigenvalue weighted by atomic mass is 10.1. The zero-order chi connectivity index (χ0) is 11.7. The molecule has 0 aromatic rings. The molecule has 0 aliphatic heterocycles. The lowest BCUT2D eigenvalue weighted by Gasteiger charge is -2.13. The zero-order valence-corrected chi connectivity index (χ0v) is 8.99. The first-order valence-electron chi connectivity index (χ1n) is 4.66. The minimum Gasteiger partial charge on any atom is -0.481 e. The fraction of sp³-hybridized carbons (Fsp3) is 0.778. The number of carboxylic acids is 1. The molecule has 0 saturated heterocycles. The van der Waals surface area contributed by atoms with E-state index in [1.807, 2.05) is 0 Å². The van der Waals surface area contributed by atoms with Crippen LogP contribution in [0.3, 0.4) is 0 Å². The van der Waals surface area contributed by atoms with Crippen molar-refractivity contribution in [1.29, 1.82) is 0 Å². The van der Waals surface area contributed by atoms with Crippen molar-refractivity contribution in [3.63, 3.8) is 0 Å². The Labute approximate surface area is 88.6 Å². The molecule has 0 spiro atoms. The Bertz CT molecular complexity index is 207. The maximum absolute atomic E-state index is 11.3. The number of likely N-dealkylation sites (N-methyl/N-ethyl adjacent to an activating group) is 1. The molecule has 0 rings (SSSR count). The molecule has 0 aromatic heterocycles. The van der Waals surface area contributed by atoms with Gasteiger partial charge in [-0.05, 0) is 13.5 Å². The van der Waals surface area contributed by atoms with Gasteiger partial charge in [-0.25, -0.2) is 0 Å². The van der Waals surface area contributed by atoms with Crippen LogP contribution in [0.5, 0.6) is 0 Å². The Morgan fingerprint density at radius 3 is 2.53 bits per heavy atom. The fourth-order valence-corrected chi connectivity index (χ4v) is 0.974. The van der Waals surface area contributed by atoms with E-state index in [0.717, 1.165) is 0 Å². The van der Waals surface area contributed by atoms with Crippen LogP contribution in [0.1, 0.15) is 12.8 Å². The second-order valence-electron chi connectivity index (χ2n) is 2.93. The van der Waals surface area contributed by atoms with Gasteiger partial charge in [0.15, 0.2) is 0 Å². The summed E-state index contributed by atoms with van der Waals surface area (Å²) in [6.45, 7) is 0.516. The molecular weight excluding hydrogens is 202 g/mol. The molecule has 6 heteroatoms. The quantitative estimate of drug-likeness (QED) is 0.428. The summed E-state index contributed by atoms with van der Waals surface area (Å²) in [5.74, 6) is -1.38. The van der Waals surface area contributed by atoms with Crippen molar-refractivity contribution >= 4 is 11.9 Å². The number of ether oxygens (including phenoxy) is 2. The van der Waals surface area contributed by atoms with Gasteiger partial charge in [-0.2, -0.15) is 0 Å². The molecule has 0 aromatic carbocycles. The molecule has 0 aliphatic rings. The van der Waals surface area contributed by atoms with Crippen LogP contribution in [-0.4, -0.2) is 50.5 Å². The Morgan fingerprint density at radius 2 is 2.07 bits per heavy atom. The third kappa shape index (κ3) is 6.87. The van der Waals surface area contributed by atoms with Gasteiger partial charge in [0.1, 0.15) is 12.6 Å². The molecule has 0 fully saturated rings. The standard InChI is InChI=1S/C9H17NO5/c1-10-7(3-4-8(11)12)9(13)15-6-5-14-2/h7,10H,3-6H2,1-2H3,(H,11,12). The molecule has 0 radical (unpaired) electrons. The summed E-state index contributed by atoms with van der Waals surface area (Å²) in [6, 6.07) is -0.571. The number of carbonyl (C=O) groups excluding carboxylic acids is 1. The molecule has 1 unspecified atom stereocenters. The number of rotatable bonds is 8. The van der Waals surface area contributed by atoms with Gasteiger partial charge in [0.05, 0.1) is 6.61 Å². The van der Waals surface area contributed by atoms with E-state index in [4.69, 9.17) is 14.6 Å². The van der Waals surface area contributed by atoms with Crippen LogP contribution in [0, 0.1) is 0 Å². The molecule has 6 nitrogen and oxygen atoms in total. The first-order valence-corrected chi connectivity index (χ1v) is 4.66. The first-order chi connectivity index (χ1) is 7.11. The molecule has 15 heavy (non-hydrogen) atoms. The summed E-state index contributed by atoms with van der Waals surface area (Å²) < 4.78 is 9.56. The SMILES string of the molecule is CNC(CCC(=O)O)C(=O)OCCOC. The first kappa shape index (κ1) is 13.9. The third-order valence-electron chi connectivity index (χ3n) is 1.81. The summed E-state index contributed by atoms with van der Waals surface area (Å²) in [4.78, 5) is 21.6. The second-order valence-corrected chi connectivity index (χ2v) is 2.93. The van der Waals surface area contributed by atoms with Crippen LogP contribution < -0.4 is 5.32 Å². The highest BCUT2D eigenvalue weighted by Gasteiger charge is 2.18. The summed E-state index contributed by atoms with van der Waals surface area (Å²) >= 11 is 0. The van der Waals surface area contributed by atoms with Crippen LogP contribution in [0.4, 0.5) is 0 Å². The van der Waals surface area contributed by atoms with Gasteiger partial charge >= 0.3 is 11.9 Å². The van der Waals surface area contributed by atoms with E-state index >= 15 is 0 Å². The number of aliphatic carboxylic acids is 1. The van der Waals surface area contributed by atoms with Gasteiger partial charge < -0.3 is 19.9 Å². The van der Waals surface area contributed by atoms with Crippen molar-refractivity contribution in [2.24, 2.45) is 0 Å².